The normalized spacial score (nSPS) is 11.2. The molecule has 0 unspecified atom stereocenters. The van der Waals surface area contributed by atoms with E-state index in [-0.39, 0.29) is 5.91 Å². The highest BCUT2D eigenvalue weighted by atomic mass is 16.2. The highest BCUT2D eigenvalue weighted by Gasteiger charge is 2.10. The molecule has 7 nitrogen and oxygen atoms in total. The third-order valence-corrected chi connectivity index (χ3v) is 3.43. The van der Waals surface area contributed by atoms with E-state index >= 15 is 0 Å². The average Bonchev–Trinajstić information content (AvgIpc) is 2.96. The highest BCUT2D eigenvalue weighted by Crippen LogP contribution is 2.17. The molecule has 0 radical (unpaired) electrons. The number of rotatable bonds is 6. The van der Waals surface area contributed by atoms with Crippen molar-refractivity contribution in [2.75, 3.05) is 18.9 Å². The van der Waals surface area contributed by atoms with E-state index in [4.69, 9.17) is 5.73 Å². The predicted molar refractivity (Wildman–Crippen MR) is 86.1 cm³/mol. The zero-order valence-corrected chi connectivity index (χ0v) is 13.1. The molecule has 0 bridgehead atoms. The Morgan fingerprint density at radius 2 is 2.05 bits per heavy atom. The van der Waals surface area contributed by atoms with Crippen molar-refractivity contribution in [3.05, 3.63) is 30.1 Å². The first-order valence-electron chi connectivity index (χ1n) is 7.21. The molecule has 118 valence electrons. The number of carbonyl (C=O) groups excluding carboxylic acids is 1. The van der Waals surface area contributed by atoms with E-state index in [1.54, 1.807) is 0 Å². The topological polar surface area (TPSA) is 99.9 Å². The SMILES string of the molecule is CC(C)N(C)CC(=O)Nc1ccc(-c2n[nH]c(CN)n2)cc1. The van der Waals surface area contributed by atoms with Gasteiger partial charge in [0, 0.05) is 17.3 Å². The number of aromatic amines is 1. The first-order valence-corrected chi connectivity index (χ1v) is 7.21. The van der Waals surface area contributed by atoms with Crippen molar-refractivity contribution in [3.8, 4) is 11.4 Å². The molecule has 0 saturated carbocycles. The van der Waals surface area contributed by atoms with Crippen LogP contribution in [0.1, 0.15) is 19.7 Å². The lowest BCUT2D eigenvalue weighted by Crippen LogP contribution is -2.34. The molecule has 4 N–H and O–H groups in total. The van der Waals surface area contributed by atoms with Crippen LogP contribution < -0.4 is 11.1 Å². The molecular formula is C15H22N6O. The molecule has 0 atom stereocenters. The summed E-state index contributed by atoms with van der Waals surface area (Å²) < 4.78 is 0. The molecule has 1 aromatic carbocycles. The Hall–Kier alpha value is -2.25. The minimum absolute atomic E-state index is 0.0349. The van der Waals surface area contributed by atoms with E-state index in [1.165, 1.54) is 0 Å². The first kappa shape index (κ1) is 16.1. The van der Waals surface area contributed by atoms with Gasteiger partial charge in [-0.1, -0.05) is 0 Å². The number of hydrogen-bond donors (Lipinski definition) is 3. The summed E-state index contributed by atoms with van der Waals surface area (Å²) in [5, 5.41) is 9.74. The van der Waals surface area contributed by atoms with Gasteiger partial charge in [-0.05, 0) is 45.2 Å². The number of anilines is 1. The van der Waals surface area contributed by atoms with Gasteiger partial charge in [0.05, 0.1) is 13.1 Å². The predicted octanol–water partition coefficient (Wildman–Crippen LogP) is 1.21. The van der Waals surface area contributed by atoms with Gasteiger partial charge in [-0.15, -0.1) is 0 Å². The highest BCUT2D eigenvalue weighted by molar-refractivity contribution is 5.92. The third-order valence-electron chi connectivity index (χ3n) is 3.43. The van der Waals surface area contributed by atoms with Gasteiger partial charge in [0.15, 0.2) is 5.82 Å². The van der Waals surface area contributed by atoms with Gasteiger partial charge in [0.1, 0.15) is 5.82 Å². The summed E-state index contributed by atoms with van der Waals surface area (Å²) in [5.41, 5.74) is 7.12. The third kappa shape index (κ3) is 4.12. The van der Waals surface area contributed by atoms with Crippen molar-refractivity contribution in [1.82, 2.24) is 20.1 Å². The average molecular weight is 302 g/mol. The van der Waals surface area contributed by atoms with Crippen LogP contribution in [0, 0.1) is 0 Å². The summed E-state index contributed by atoms with van der Waals surface area (Å²) >= 11 is 0. The van der Waals surface area contributed by atoms with Crippen LogP contribution in [-0.2, 0) is 11.3 Å². The molecule has 22 heavy (non-hydrogen) atoms. The molecule has 0 aliphatic heterocycles. The van der Waals surface area contributed by atoms with Crippen molar-refractivity contribution in [3.63, 3.8) is 0 Å². The van der Waals surface area contributed by atoms with Gasteiger partial charge in [-0.2, -0.15) is 5.10 Å². The fourth-order valence-electron chi connectivity index (χ4n) is 1.83. The van der Waals surface area contributed by atoms with Crippen molar-refractivity contribution in [2.24, 2.45) is 5.73 Å². The van der Waals surface area contributed by atoms with Crippen LogP contribution in [0.5, 0.6) is 0 Å². The molecular weight excluding hydrogens is 280 g/mol. The smallest absolute Gasteiger partial charge is 0.238 e. The Bertz CT molecular complexity index is 619. The van der Waals surface area contributed by atoms with Crippen LogP contribution in [0.4, 0.5) is 5.69 Å². The number of amides is 1. The lowest BCUT2D eigenvalue weighted by Gasteiger charge is -2.20. The minimum Gasteiger partial charge on any atom is -0.325 e. The molecule has 0 saturated heterocycles. The Kier molecular flexibility index (Phi) is 5.24. The summed E-state index contributed by atoms with van der Waals surface area (Å²) in [4.78, 5) is 18.2. The van der Waals surface area contributed by atoms with E-state index in [0.29, 0.717) is 30.8 Å². The van der Waals surface area contributed by atoms with E-state index in [9.17, 15) is 4.79 Å². The van der Waals surface area contributed by atoms with Crippen LogP contribution in [0.3, 0.4) is 0 Å². The number of nitrogens with one attached hydrogen (secondary N) is 2. The number of benzene rings is 1. The van der Waals surface area contributed by atoms with E-state index in [0.717, 1.165) is 11.3 Å². The lowest BCUT2D eigenvalue weighted by atomic mass is 10.2. The second-order valence-electron chi connectivity index (χ2n) is 5.44. The zero-order valence-electron chi connectivity index (χ0n) is 13.1. The molecule has 2 aromatic rings. The largest absolute Gasteiger partial charge is 0.325 e. The van der Waals surface area contributed by atoms with Gasteiger partial charge in [0.25, 0.3) is 0 Å². The fourth-order valence-corrected chi connectivity index (χ4v) is 1.83. The molecule has 0 spiro atoms. The van der Waals surface area contributed by atoms with E-state index in [2.05, 4.69) is 34.3 Å². The van der Waals surface area contributed by atoms with Crippen LogP contribution in [0.2, 0.25) is 0 Å². The number of nitrogens with two attached hydrogens (primary N) is 1. The van der Waals surface area contributed by atoms with Gasteiger partial charge < -0.3 is 11.1 Å². The summed E-state index contributed by atoms with van der Waals surface area (Å²) in [7, 11) is 1.92. The standard InChI is InChI=1S/C15H22N6O/c1-10(2)21(3)9-14(22)17-12-6-4-11(5-7-12)15-18-13(8-16)19-20-15/h4-7,10H,8-9,16H2,1-3H3,(H,17,22)(H,18,19,20). The number of aromatic nitrogens is 3. The number of carbonyl (C=O) groups is 1. The quantitative estimate of drug-likeness (QED) is 0.744. The monoisotopic (exact) mass is 302 g/mol. The van der Waals surface area contributed by atoms with Crippen molar-refractivity contribution in [1.29, 1.82) is 0 Å². The second kappa shape index (κ2) is 7.15. The summed E-state index contributed by atoms with van der Waals surface area (Å²) in [6, 6.07) is 7.73. The molecule has 1 aromatic heterocycles. The Labute approximate surface area is 129 Å². The molecule has 0 aliphatic rings. The van der Waals surface area contributed by atoms with Crippen LogP contribution in [0.25, 0.3) is 11.4 Å². The Balaban J connectivity index is 1.98. The van der Waals surface area contributed by atoms with Crippen LogP contribution >= 0.6 is 0 Å². The van der Waals surface area contributed by atoms with Crippen LogP contribution in [0.15, 0.2) is 24.3 Å². The van der Waals surface area contributed by atoms with E-state index in [1.807, 2.05) is 36.2 Å². The summed E-state index contributed by atoms with van der Waals surface area (Å²) in [5.74, 6) is 1.20. The maximum absolute atomic E-state index is 11.9. The minimum atomic E-state index is -0.0349. The first-order chi connectivity index (χ1) is 10.5. The second-order valence-corrected chi connectivity index (χ2v) is 5.44. The zero-order chi connectivity index (χ0) is 16.1. The van der Waals surface area contributed by atoms with Gasteiger partial charge >= 0.3 is 0 Å². The fraction of sp³-hybridized carbons (Fsp3) is 0.400. The van der Waals surface area contributed by atoms with Gasteiger partial charge in [-0.3, -0.25) is 14.8 Å². The Morgan fingerprint density at radius 3 is 2.59 bits per heavy atom. The number of hydrogen-bond acceptors (Lipinski definition) is 5. The molecule has 0 fully saturated rings. The maximum Gasteiger partial charge on any atom is 0.238 e. The number of likely N-dealkylation sites (N-methyl/N-ethyl adjacent to an activating group) is 1. The van der Waals surface area contributed by atoms with Crippen LogP contribution in [-0.4, -0.2) is 45.6 Å². The van der Waals surface area contributed by atoms with Crippen molar-refractivity contribution < 1.29 is 4.79 Å². The van der Waals surface area contributed by atoms with Crippen molar-refractivity contribution >= 4 is 11.6 Å². The number of H-pyrrole nitrogens is 1. The summed E-state index contributed by atoms with van der Waals surface area (Å²) in [6.45, 7) is 4.79. The maximum atomic E-state index is 11.9. The molecule has 1 amide bonds. The molecule has 7 heteroatoms. The lowest BCUT2D eigenvalue weighted by molar-refractivity contribution is -0.117. The molecule has 2 rings (SSSR count). The number of nitrogens with zero attached hydrogens (tertiary/aromatic N) is 3. The van der Waals surface area contributed by atoms with Gasteiger partial charge in [0.2, 0.25) is 5.91 Å². The Morgan fingerprint density at radius 1 is 1.36 bits per heavy atom. The summed E-state index contributed by atoms with van der Waals surface area (Å²) in [6.07, 6.45) is 0. The van der Waals surface area contributed by atoms with Crippen molar-refractivity contribution in [2.45, 2.75) is 26.4 Å². The van der Waals surface area contributed by atoms with E-state index < -0.39 is 0 Å². The molecule has 0 aliphatic carbocycles. The van der Waals surface area contributed by atoms with Gasteiger partial charge in [-0.25, -0.2) is 4.98 Å². The molecule has 1 heterocycles.